The molecular formula is C12H12N2O4. The third-order valence-corrected chi connectivity index (χ3v) is 2.73. The van der Waals surface area contributed by atoms with Gasteiger partial charge in [0, 0.05) is 23.6 Å². The van der Waals surface area contributed by atoms with E-state index in [2.05, 4.69) is 0 Å². The molecule has 0 saturated carbocycles. The Morgan fingerprint density at radius 3 is 2.56 bits per heavy atom. The van der Waals surface area contributed by atoms with Gasteiger partial charge < -0.3 is 9.67 Å². The van der Waals surface area contributed by atoms with Crippen molar-refractivity contribution in [3.8, 4) is 5.75 Å². The highest BCUT2D eigenvalue weighted by molar-refractivity contribution is 5.82. The van der Waals surface area contributed by atoms with Crippen LogP contribution in [0.1, 0.15) is 19.9 Å². The Kier molecular flexibility index (Phi) is 2.78. The van der Waals surface area contributed by atoms with Crippen LogP contribution < -0.4 is 5.56 Å². The number of nitro benzene ring substituents is 1. The molecule has 0 spiro atoms. The predicted molar refractivity (Wildman–Crippen MR) is 66.9 cm³/mol. The van der Waals surface area contributed by atoms with E-state index in [1.54, 1.807) is 0 Å². The molecule has 0 fully saturated rings. The van der Waals surface area contributed by atoms with E-state index in [0.717, 1.165) is 0 Å². The molecule has 0 aliphatic rings. The third kappa shape index (κ3) is 1.81. The van der Waals surface area contributed by atoms with Gasteiger partial charge in [0.25, 0.3) is 11.2 Å². The number of non-ortho nitro benzene ring substituents is 1. The molecule has 0 unspecified atom stereocenters. The van der Waals surface area contributed by atoms with Crippen molar-refractivity contribution in [1.82, 2.24) is 4.57 Å². The smallest absolute Gasteiger partial charge is 0.293 e. The van der Waals surface area contributed by atoms with Crippen molar-refractivity contribution in [2.45, 2.75) is 19.9 Å². The number of aromatic nitrogens is 1. The van der Waals surface area contributed by atoms with Gasteiger partial charge in [0.2, 0.25) is 0 Å². The zero-order chi connectivity index (χ0) is 13.4. The average Bonchev–Trinajstić information content (AvgIpc) is 2.29. The first-order chi connectivity index (χ1) is 8.41. The lowest BCUT2D eigenvalue weighted by molar-refractivity contribution is -0.384. The van der Waals surface area contributed by atoms with E-state index in [9.17, 15) is 20.0 Å². The highest BCUT2D eigenvalue weighted by Gasteiger charge is 2.14. The van der Waals surface area contributed by atoms with E-state index in [-0.39, 0.29) is 11.7 Å². The second-order valence-electron chi connectivity index (χ2n) is 4.30. The maximum atomic E-state index is 11.8. The van der Waals surface area contributed by atoms with Crippen molar-refractivity contribution in [2.75, 3.05) is 0 Å². The van der Waals surface area contributed by atoms with Crippen molar-refractivity contribution < 1.29 is 10.0 Å². The Morgan fingerprint density at radius 2 is 2.00 bits per heavy atom. The topological polar surface area (TPSA) is 85.4 Å². The molecule has 1 aromatic carbocycles. The highest BCUT2D eigenvalue weighted by Crippen LogP contribution is 2.24. The molecule has 0 radical (unpaired) electrons. The Morgan fingerprint density at radius 1 is 1.33 bits per heavy atom. The average molecular weight is 248 g/mol. The lowest BCUT2D eigenvalue weighted by atomic mass is 10.1. The summed E-state index contributed by atoms with van der Waals surface area (Å²) in [6, 6.07) is 5.32. The predicted octanol–water partition coefficient (Wildman–Crippen LogP) is 2.20. The molecule has 0 atom stereocenters. The van der Waals surface area contributed by atoms with Crippen LogP contribution in [0.25, 0.3) is 10.9 Å². The summed E-state index contributed by atoms with van der Waals surface area (Å²) >= 11 is 0. The molecule has 6 heteroatoms. The monoisotopic (exact) mass is 248 g/mol. The van der Waals surface area contributed by atoms with Crippen LogP contribution in [0.5, 0.6) is 5.75 Å². The van der Waals surface area contributed by atoms with Gasteiger partial charge in [-0.1, -0.05) is 0 Å². The molecule has 0 aliphatic heterocycles. The summed E-state index contributed by atoms with van der Waals surface area (Å²) in [5.74, 6) is -0.406. The molecule has 0 bridgehead atoms. The van der Waals surface area contributed by atoms with Crippen LogP contribution in [0.2, 0.25) is 0 Å². The third-order valence-electron chi connectivity index (χ3n) is 2.73. The van der Waals surface area contributed by atoms with Crippen molar-refractivity contribution in [1.29, 1.82) is 0 Å². The summed E-state index contributed by atoms with van der Waals surface area (Å²) in [6.07, 6.45) is 0. The molecule has 0 aliphatic carbocycles. The van der Waals surface area contributed by atoms with Crippen molar-refractivity contribution in [3.05, 3.63) is 44.7 Å². The first kappa shape index (κ1) is 12.1. The van der Waals surface area contributed by atoms with Gasteiger partial charge in [0.1, 0.15) is 0 Å². The van der Waals surface area contributed by atoms with E-state index in [0.29, 0.717) is 10.9 Å². The quantitative estimate of drug-likeness (QED) is 0.652. The van der Waals surface area contributed by atoms with Crippen LogP contribution in [0.15, 0.2) is 29.1 Å². The van der Waals surface area contributed by atoms with Gasteiger partial charge in [-0.2, -0.15) is 0 Å². The van der Waals surface area contributed by atoms with Crippen molar-refractivity contribution >= 4 is 16.6 Å². The van der Waals surface area contributed by atoms with Gasteiger partial charge in [-0.05, 0) is 26.0 Å². The minimum absolute atomic E-state index is 0.0733. The summed E-state index contributed by atoms with van der Waals surface area (Å²) < 4.78 is 1.41. The SMILES string of the molecule is CC(C)n1c(=O)c(O)cc2cc([N+](=O)[O-])ccc21. The maximum absolute atomic E-state index is 11.8. The standard InChI is InChI=1S/C12H12N2O4/c1-7(2)13-10-4-3-9(14(17)18)5-8(10)6-11(15)12(13)16/h3-7,15H,1-2H3. The van der Waals surface area contributed by atoms with E-state index >= 15 is 0 Å². The molecule has 1 N–H and O–H groups in total. The van der Waals surface area contributed by atoms with Crippen LogP contribution in [0, 0.1) is 10.1 Å². The molecular weight excluding hydrogens is 236 g/mol. The Bertz CT molecular complexity index is 688. The number of aromatic hydroxyl groups is 1. The fourth-order valence-corrected chi connectivity index (χ4v) is 1.94. The second-order valence-corrected chi connectivity index (χ2v) is 4.30. The van der Waals surface area contributed by atoms with E-state index in [1.807, 2.05) is 13.8 Å². The van der Waals surface area contributed by atoms with Gasteiger partial charge in [0.05, 0.1) is 10.4 Å². The number of benzene rings is 1. The number of hydrogen-bond donors (Lipinski definition) is 1. The van der Waals surface area contributed by atoms with Crippen LogP contribution in [-0.2, 0) is 0 Å². The van der Waals surface area contributed by atoms with Gasteiger partial charge in [-0.15, -0.1) is 0 Å². The summed E-state index contributed by atoms with van der Waals surface area (Å²) in [5, 5.41) is 20.7. The minimum atomic E-state index is -0.513. The fourth-order valence-electron chi connectivity index (χ4n) is 1.94. The zero-order valence-corrected chi connectivity index (χ0v) is 9.95. The number of fused-ring (bicyclic) bond motifs is 1. The fraction of sp³-hybridized carbons (Fsp3) is 0.250. The normalized spacial score (nSPS) is 11.1. The summed E-state index contributed by atoms with van der Waals surface area (Å²) in [5.41, 5.74) is 0.000563. The number of rotatable bonds is 2. The molecule has 94 valence electrons. The Balaban J connectivity index is 2.87. The molecule has 6 nitrogen and oxygen atoms in total. The maximum Gasteiger partial charge on any atom is 0.293 e. The Hall–Kier alpha value is -2.37. The molecule has 0 amide bonds. The summed E-state index contributed by atoms with van der Waals surface area (Å²) in [6.45, 7) is 3.61. The van der Waals surface area contributed by atoms with Crippen LogP contribution >= 0.6 is 0 Å². The lowest BCUT2D eigenvalue weighted by Gasteiger charge is -2.14. The minimum Gasteiger partial charge on any atom is -0.503 e. The van der Waals surface area contributed by atoms with Crippen LogP contribution in [-0.4, -0.2) is 14.6 Å². The van der Waals surface area contributed by atoms with Gasteiger partial charge >= 0.3 is 0 Å². The van der Waals surface area contributed by atoms with Crippen LogP contribution in [0.4, 0.5) is 5.69 Å². The first-order valence-corrected chi connectivity index (χ1v) is 5.44. The van der Waals surface area contributed by atoms with Gasteiger partial charge in [-0.25, -0.2) is 0 Å². The summed E-state index contributed by atoms with van der Waals surface area (Å²) in [7, 11) is 0. The largest absolute Gasteiger partial charge is 0.503 e. The molecule has 1 aromatic heterocycles. The summed E-state index contributed by atoms with van der Waals surface area (Å²) in [4.78, 5) is 22.0. The lowest BCUT2D eigenvalue weighted by Crippen LogP contribution is -2.21. The van der Waals surface area contributed by atoms with Crippen LogP contribution in [0.3, 0.4) is 0 Å². The second kappa shape index (κ2) is 4.14. The molecule has 18 heavy (non-hydrogen) atoms. The molecule has 2 aromatic rings. The number of nitro groups is 1. The highest BCUT2D eigenvalue weighted by atomic mass is 16.6. The molecule has 0 saturated heterocycles. The number of pyridine rings is 1. The van der Waals surface area contributed by atoms with Gasteiger partial charge in [-0.3, -0.25) is 14.9 Å². The van der Waals surface area contributed by atoms with E-state index in [1.165, 1.54) is 28.8 Å². The Labute approximate surface area is 102 Å². The van der Waals surface area contributed by atoms with Crippen molar-refractivity contribution in [2.24, 2.45) is 0 Å². The number of nitrogens with zero attached hydrogens (tertiary/aromatic N) is 2. The molecule has 1 heterocycles. The van der Waals surface area contributed by atoms with Gasteiger partial charge in [0.15, 0.2) is 5.75 Å². The molecule has 2 rings (SSSR count). The van der Waals surface area contributed by atoms with E-state index < -0.39 is 16.2 Å². The zero-order valence-electron chi connectivity index (χ0n) is 9.95. The first-order valence-electron chi connectivity index (χ1n) is 5.44. The van der Waals surface area contributed by atoms with E-state index in [4.69, 9.17) is 0 Å². The van der Waals surface area contributed by atoms with Crippen molar-refractivity contribution in [3.63, 3.8) is 0 Å². The number of hydrogen-bond acceptors (Lipinski definition) is 4.